The van der Waals surface area contributed by atoms with Gasteiger partial charge in [-0.15, -0.1) is 0 Å². The zero-order valence-corrected chi connectivity index (χ0v) is 14.1. The predicted octanol–water partition coefficient (Wildman–Crippen LogP) is 2.81. The Hall–Kier alpha value is -1.81. The second-order valence-electron chi connectivity index (χ2n) is 6.36. The number of likely N-dealkylation sites (tertiary alicyclic amines) is 1. The molecule has 3 rings (SSSR count). The number of carbonyl (C=O) groups excluding carboxylic acids is 1. The first-order valence-electron chi connectivity index (χ1n) is 8.83. The third-order valence-corrected chi connectivity index (χ3v) is 4.78. The molecule has 0 atom stereocenters. The van der Waals surface area contributed by atoms with E-state index in [1.54, 1.807) is 0 Å². The van der Waals surface area contributed by atoms with Gasteiger partial charge in [-0.3, -0.25) is 4.79 Å². The average Bonchev–Trinajstić information content (AvgIpc) is 3.20. The van der Waals surface area contributed by atoms with Gasteiger partial charge in [0.25, 0.3) is 0 Å². The van der Waals surface area contributed by atoms with Crippen LogP contribution < -0.4 is 5.32 Å². The highest BCUT2D eigenvalue weighted by Crippen LogP contribution is 2.22. The van der Waals surface area contributed by atoms with E-state index >= 15 is 0 Å². The molecule has 2 heterocycles. The summed E-state index contributed by atoms with van der Waals surface area (Å²) in [5.74, 6) is 0.164. The van der Waals surface area contributed by atoms with E-state index in [2.05, 4.69) is 52.2 Å². The van der Waals surface area contributed by atoms with Gasteiger partial charge < -0.3 is 14.8 Å². The molecule has 2 aromatic rings. The Morgan fingerprint density at radius 1 is 1.22 bits per heavy atom. The normalized spacial score (nSPS) is 15.3. The molecule has 4 nitrogen and oxygen atoms in total. The van der Waals surface area contributed by atoms with Gasteiger partial charge in [-0.05, 0) is 50.9 Å². The number of para-hydroxylation sites is 1. The van der Waals surface area contributed by atoms with Crippen LogP contribution in [-0.2, 0) is 17.8 Å². The molecular weight excluding hydrogens is 286 g/mol. The zero-order valence-electron chi connectivity index (χ0n) is 14.1. The van der Waals surface area contributed by atoms with Gasteiger partial charge in [-0.1, -0.05) is 18.2 Å². The summed E-state index contributed by atoms with van der Waals surface area (Å²) in [6, 6.07) is 8.45. The Morgan fingerprint density at radius 3 is 2.78 bits per heavy atom. The van der Waals surface area contributed by atoms with Crippen LogP contribution in [0.15, 0.2) is 30.5 Å². The minimum absolute atomic E-state index is 0.164. The molecule has 0 radical (unpaired) electrons. The van der Waals surface area contributed by atoms with E-state index in [4.69, 9.17) is 0 Å². The van der Waals surface area contributed by atoms with Crippen molar-refractivity contribution in [1.29, 1.82) is 0 Å². The summed E-state index contributed by atoms with van der Waals surface area (Å²) in [7, 11) is 0. The second kappa shape index (κ2) is 7.64. The smallest absolute Gasteiger partial charge is 0.220 e. The van der Waals surface area contributed by atoms with Crippen molar-refractivity contribution in [3.63, 3.8) is 0 Å². The van der Waals surface area contributed by atoms with Gasteiger partial charge in [0.05, 0.1) is 0 Å². The van der Waals surface area contributed by atoms with Crippen LogP contribution in [0.25, 0.3) is 10.9 Å². The van der Waals surface area contributed by atoms with Gasteiger partial charge in [0, 0.05) is 43.2 Å². The molecule has 1 aliphatic heterocycles. The van der Waals surface area contributed by atoms with Crippen LogP contribution in [0.5, 0.6) is 0 Å². The van der Waals surface area contributed by atoms with Crippen LogP contribution in [0.2, 0.25) is 0 Å². The fourth-order valence-electron chi connectivity index (χ4n) is 3.48. The molecule has 4 heteroatoms. The second-order valence-corrected chi connectivity index (χ2v) is 6.36. The van der Waals surface area contributed by atoms with E-state index in [-0.39, 0.29) is 5.91 Å². The summed E-state index contributed by atoms with van der Waals surface area (Å²) in [4.78, 5) is 14.5. The molecule has 0 bridgehead atoms. The SMILES string of the molecule is CCn1cc(CCC(=O)NCCN2CCCC2)c2ccccc21. The van der Waals surface area contributed by atoms with E-state index in [1.807, 2.05) is 0 Å². The lowest BCUT2D eigenvalue weighted by Crippen LogP contribution is -2.33. The van der Waals surface area contributed by atoms with Crippen LogP contribution >= 0.6 is 0 Å². The maximum atomic E-state index is 12.1. The van der Waals surface area contributed by atoms with Crippen molar-refractivity contribution >= 4 is 16.8 Å². The third kappa shape index (κ3) is 3.94. The first-order valence-corrected chi connectivity index (χ1v) is 8.83. The molecule has 1 N–H and O–H groups in total. The summed E-state index contributed by atoms with van der Waals surface area (Å²) >= 11 is 0. The van der Waals surface area contributed by atoms with Crippen LogP contribution in [-0.4, -0.2) is 41.6 Å². The van der Waals surface area contributed by atoms with Crippen LogP contribution in [0, 0.1) is 0 Å². The van der Waals surface area contributed by atoms with Crippen molar-refractivity contribution < 1.29 is 4.79 Å². The maximum Gasteiger partial charge on any atom is 0.220 e. The lowest BCUT2D eigenvalue weighted by molar-refractivity contribution is -0.121. The molecule has 0 unspecified atom stereocenters. The van der Waals surface area contributed by atoms with E-state index in [9.17, 15) is 4.79 Å². The fourth-order valence-corrected chi connectivity index (χ4v) is 3.48. The molecule has 1 aromatic heterocycles. The quantitative estimate of drug-likeness (QED) is 0.853. The number of aromatic nitrogens is 1. The van der Waals surface area contributed by atoms with Crippen molar-refractivity contribution in [2.45, 2.75) is 39.2 Å². The first-order chi connectivity index (χ1) is 11.3. The molecule has 1 saturated heterocycles. The fraction of sp³-hybridized carbons (Fsp3) is 0.526. The molecule has 1 aliphatic rings. The van der Waals surface area contributed by atoms with Gasteiger partial charge in [0.2, 0.25) is 5.91 Å². The Bertz CT molecular complexity index is 656. The van der Waals surface area contributed by atoms with Gasteiger partial charge in [0.15, 0.2) is 0 Å². The van der Waals surface area contributed by atoms with Crippen molar-refractivity contribution in [1.82, 2.24) is 14.8 Å². The average molecular weight is 313 g/mol. The number of rotatable bonds is 7. The zero-order chi connectivity index (χ0) is 16.1. The standard InChI is InChI=1S/C19H27N3O/c1-2-22-15-16(17-7-3-4-8-18(17)22)9-10-19(23)20-11-14-21-12-5-6-13-21/h3-4,7-8,15H,2,5-6,9-14H2,1H3,(H,20,23). The van der Waals surface area contributed by atoms with Gasteiger partial charge in [0.1, 0.15) is 0 Å². The summed E-state index contributed by atoms with van der Waals surface area (Å²) in [5, 5.41) is 4.34. The lowest BCUT2D eigenvalue weighted by atomic mass is 10.1. The maximum absolute atomic E-state index is 12.1. The molecule has 23 heavy (non-hydrogen) atoms. The van der Waals surface area contributed by atoms with Crippen molar-refractivity contribution in [3.8, 4) is 0 Å². The number of carbonyl (C=O) groups is 1. The molecule has 1 aromatic carbocycles. The summed E-state index contributed by atoms with van der Waals surface area (Å²) < 4.78 is 2.26. The molecule has 1 fully saturated rings. The number of benzene rings is 1. The monoisotopic (exact) mass is 313 g/mol. The summed E-state index contributed by atoms with van der Waals surface area (Å²) in [6.07, 6.45) is 6.17. The number of hydrogen-bond acceptors (Lipinski definition) is 2. The summed E-state index contributed by atoms with van der Waals surface area (Å²) in [6.45, 7) is 7.25. The molecular formula is C19H27N3O. The number of hydrogen-bond donors (Lipinski definition) is 1. The number of nitrogens with one attached hydrogen (secondary N) is 1. The van der Waals surface area contributed by atoms with Gasteiger partial charge >= 0.3 is 0 Å². The lowest BCUT2D eigenvalue weighted by Gasteiger charge is -2.14. The van der Waals surface area contributed by atoms with Crippen LogP contribution in [0.4, 0.5) is 0 Å². The molecule has 0 aliphatic carbocycles. The van der Waals surface area contributed by atoms with E-state index in [1.165, 1.54) is 42.4 Å². The Labute approximate surface area is 138 Å². The highest BCUT2D eigenvalue weighted by molar-refractivity contribution is 5.85. The van der Waals surface area contributed by atoms with E-state index < -0.39 is 0 Å². The van der Waals surface area contributed by atoms with E-state index in [0.717, 1.165) is 26.1 Å². The van der Waals surface area contributed by atoms with Crippen LogP contribution in [0.3, 0.4) is 0 Å². The minimum Gasteiger partial charge on any atom is -0.355 e. The third-order valence-electron chi connectivity index (χ3n) is 4.78. The van der Waals surface area contributed by atoms with Gasteiger partial charge in [-0.2, -0.15) is 0 Å². The number of amides is 1. The topological polar surface area (TPSA) is 37.3 Å². The molecule has 1 amide bonds. The Balaban J connectivity index is 1.50. The minimum atomic E-state index is 0.164. The van der Waals surface area contributed by atoms with Crippen molar-refractivity contribution in [3.05, 3.63) is 36.0 Å². The Morgan fingerprint density at radius 2 is 2.00 bits per heavy atom. The van der Waals surface area contributed by atoms with Crippen molar-refractivity contribution in [2.24, 2.45) is 0 Å². The molecule has 0 spiro atoms. The largest absolute Gasteiger partial charge is 0.355 e. The highest BCUT2D eigenvalue weighted by atomic mass is 16.1. The van der Waals surface area contributed by atoms with E-state index in [0.29, 0.717) is 6.42 Å². The van der Waals surface area contributed by atoms with Gasteiger partial charge in [-0.25, -0.2) is 0 Å². The predicted molar refractivity (Wildman–Crippen MR) is 94.6 cm³/mol. The van der Waals surface area contributed by atoms with Crippen LogP contribution in [0.1, 0.15) is 31.7 Å². The number of nitrogens with zero attached hydrogens (tertiary/aromatic N) is 2. The highest BCUT2D eigenvalue weighted by Gasteiger charge is 2.12. The number of aryl methyl sites for hydroxylation is 2. The molecule has 0 saturated carbocycles. The van der Waals surface area contributed by atoms with Crippen molar-refractivity contribution in [2.75, 3.05) is 26.2 Å². The first kappa shape index (κ1) is 16.1. The molecule has 124 valence electrons. The summed E-state index contributed by atoms with van der Waals surface area (Å²) in [5.41, 5.74) is 2.54. The number of fused-ring (bicyclic) bond motifs is 1. The Kier molecular flexibility index (Phi) is 5.34.